The molecular weight excluding hydrogens is 176 g/mol. The third-order valence-electron chi connectivity index (χ3n) is 2.26. The Labute approximate surface area is 80.4 Å². The van der Waals surface area contributed by atoms with Crippen molar-refractivity contribution in [2.45, 2.75) is 0 Å². The van der Waals surface area contributed by atoms with Gasteiger partial charge in [0.15, 0.2) is 0 Å². The van der Waals surface area contributed by atoms with Gasteiger partial charge in [0.1, 0.15) is 11.8 Å². The lowest BCUT2D eigenvalue weighted by Gasteiger charge is -1.90. The summed E-state index contributed by atoms with van der Waals surface area (Å²) in [5, 5.41) is 8.01. The fraction of sp³-hybridized carbons (Fsp3) is 0. The van der Waals surface area contributed by atoms with Crippen molar-refractivity contribution in [1.82, 2.24) is 10.2 Å². The van der Waals surface area contributed by atoms with Crippen LogP contribution in [-0.2, 0) is 0 Å². The second-order valence-electron chi connectivity index (χ2n) is 3.11. The van der Waals surface area contributed by atoms with Crippen molar-refractivity contribution in [1.29, 1.82) is 0 Å². The number of hydrogen-bond acceptors (Lipinski definition) is 2. The van der Waals surface area contributed by atoms with E-state index >= 15 is 0 Å². The molecule has 3 aromatic rings. The predicted molar refractivity (Wildman–Crippen MR) is 53.8 cm³/mol. The predicted octanol–water partition coefficient (Wildman–Crippen LogP) is 2.82. The number of benzene rings is 1. The first-order chi connectivity index (χ1) is 6.95. The zero-order valence-corrected chi connectivity index (χ0v) is 7.40. The van der Waals surface area contributed by atoms with Gasteiger partial charge in [-0.05, 0) is 12.1 Å². The van der Waals surface area contributed by atoms with Gasteiger partial charge in [0.05, 0.1) is 5.69 Å². The highest BCUT2D eigenvalue weighted by Gasteiger charge is 2.07. The van der Waals surface area contributed by atoms with Crippen LogP contribution in [0.3, 0.4) is 0 Å². The van der Waals surface area contributed by atoms with Gasteiger partial charge in [-0.2, -0.15) is 5.10 Å². The summed E-state index contributed by atoms with van der Waals surface area (Å²) in [6.45, 7) is 0. The number of H-pyrrole nitrogens is 1. The van der Waals surface area contributed by atoms with Crippen LogP contribution in [0.2, 0.25) is 0 Å². The van der Waals surface area contributed by atoms with Crippen LogP contribution in [0.25, 0.3) is 22.2 Å². The molecule has 2 heterocycles. The maximum absolute atomic E-state index is 5.42. The summed E-state index contributed by atoms with van der Waals surface area (Å²) >= 11 is 0. The van der Waals surface area contributed by atoms with Gasteiger partial charge in [0.25, 0.3) is 0 Å². The van der Waals surface area contributed by atoms with Gasteiger partial charge in [-0.15, -0.1) is 0 Å². The van der Waals surface area contributed by atoms with E-state index < -0.39 is 0 Å². The minimum Gasteiger partial charge on any atom is -0.464 e. The molecule has 14 heavy (non-hydrogen) atoms. The SMILES string of the molecule is c1ccc2c(-c3cc[nH]n3)coc2c1. The number of aromatic nitrogens is 2. The molecule has 68 valence electrons. The molecule has 0 atom stereocenters. The van der Waals surface area contributed by atoms with Crippen molar-refractivity contribution in [2.24, 2.45) is 0 Å². The van der Waals surface area contributed by atoms with E-state index in [9.17, 15) is 0 Å². The molecule has 0 radical (unpaired) electrons. The van der Waals surface area contributed by atoms with Crippen LogP contribution in [-0.4, -0.2) is 10.2 Å². The van der Waals surface area contributed by atoms with Gasteiger partial charge in [0.2, 0.25) is 0 Å². The van der Waals surface area contributed by atoms with Gasteiger partial charge >= 0.3 is 0 Å². The quantitative estimate of drug-likeness (QED) is 0.631. The molecule has 0 saturated heterocycles. The van der Waals surface area contributed by atoms with Crippen LogP contribution in [0.15, 0.2) is 47.2 Å². The normalized spacial score (nSPS) is 10.9. The molecule has 1 aromatic carbocycles. The summed E-state index contributed by atoms with van der Waals surface area (Å²) in [4.78, 5) is 0. The Balaban J connectivity index is 2.33. The molecule has 0 saturated carbocycles. The monoisotopic (exact) mass is 184 g/mol. The summed E-state index contributed by atoms with van der Waals surface area (Å²) in [6, 6.07) is 9.86. The van der Waals surface area contributed by atoms with E-state index in [0.29, 0.717) is 0 Å². The molecule has 1 N–H and O–H groups in total. The van der Waals surface area contributed by atoms with E-state index in [1.807, 2.05) is 30.3 Å². The van der Waals surface area contributed by atoms with E-state index in [1.54, 1.807) is 12.5 Å². The molecule has 0 bridgehead atoms. The van der Waals surface area contributed by atoms with Gasteiger partial charge in [-0.25, -0.2) is 0 Å². The number of nitrogens with one attached hydrogen (secondary N) is 1. The zero-order chi connectivity index (χ0) is 9.38. The van der Waals surface area contributed by atoms with Crippen LogP contribution in [0.5, 0.6) is 0 Å². The highest BCUT2D eigenvalue weighted by atomic mass is 16.3. The molecule has 0 aliphatic carbocycles. The molecule has 0 spiro atoms. The Hall–Kier alpha value is -2.03. The molecule has 3 rings (SSSR count). The third-order valence-corrected chi connectivity index (χ3v) is 2.26. The minimum absolute atomic E-state index is 0.894. The summed E-state index contributed by atoms with van der Waals surface area (Å²) in [6.07, 6.45) is 3.54. The second kappa shape index (κ2) is 2.73. The van der Waals surface area contributed by atoms with E-state index in [4.69, 9.17) is 4.42 Å². The van der Waals surface area contributed by atoms with Crippen molar-refractivity contribution < 1.29 is 4.42 Å². The molecule has 3 nitrogen and oxygen atoms in total. The van der Waals surface area contributed by atoms with Crippen LogP contribution in [0.4, 0.5) is 0 Å². The van der Waals surface area contributed by atoms with Crippen molar-refractivity contribution in [3.63, 3.8) is 0 Å². The highest BCUT2D eigenvalue weighted by Crippen LogP contribution is 2.28. The van der Waals surface area contributed by atoms with Gasteiger partial charge < -0.3 is 4.42 Å². The lowest BCUT2D eigenvalue weighted by atomic mass is 10.1. The van der Waals surface area contributed by atoms with Gasteiger partial charge in [0, 0.05) is 17.1 Å². The molecule has 2 aromatic heterocycles. The number of furan rings is 1. The van der Waals surface area contributed by atoms with Crippen LogP contribution < -0.4 is 0 Å². The summed E-state index contributed by atoms with van der Waals surface area (Å²) in [7, 11) is 0. The standard InChI is InChI=1S/C11H8N2O/c1-2-4-11-8(3-1)9(7-14-11)10-5-6-12-13-10/h1-7H,(H,12,13). The summed E-state index contributed by atoms with van der Waals surface area (Å²) in [5.41, 5.74) is 2.84. The van der Waals surface area contributed by atoms with Crippen molar-refractivity contribution in [2.75, 3.05) is 0 Å². The van der Waals surface area contributed by atoms with E-state index in [0.717, 1.165) is 22.2 Å². The molecule has 0 fully saturated rings. The van der Waals surface area contributed by atoms with Gasteiger partial charge in [-0.3, -0.25) is 5.10 Å². The average molecular weight is 184 g/mol. The number of nitrogens with zero attached hydrogens (tertiary/aromatic N) is 1. The number of hydrogen-bond donors (Lipinski definition) is 1. The Morgan fingerprint density at radius 3 is 2.93 bits per heavy atom. The van der Waals surface area contributed by atoms with Crippen molar-refractivity contribution >= 4 is 11.0 Å². The van der Waals surface area contributed by atoms with E-state index in [1.165, 1.54) is 0 Å². The second-order valence-corrected chi connectivity index (χ2v) is 3.11. The zero-order valence-electron chi connectivity index (χ0n) is 7.40. The molecule has 3 heteroatoms. The topological polar surface area (TPSA) is 41.8 Å². The first-order valence-corrected chi connectivity index (χ1v) is 4.41. The number of rotatable bonds is 1. The molecule has 0 aliphatic heterocycles. The number of para-hydroxylation sites is 1. The third kappa shape index (κ3) is 0.956. The van der Waals surface area contributed by atoms with Crippen LogP contribution in [0, 0.1) is 0 Å². The van der Waals surface area contributed by atoms with E-state index in [-0.39, 0.29) is 0 Å². The Kier molecular flexibility index (Phi) is 1.44. The first kappa shape index (κ1) is 7.38. The lowest BCUT2D eigenvalue weighted by Crippen LogP contribution is -1.74. The van der Waals surface area contributed by atoms with Crippen molar-refractivity contribution in [3.05, 3.63) is 42.8 Å². The number of aromatic amines is 1. The first-order valence-electron chi connectivity index (χ1n) is 4.41. The number of fused-ring (bicyclic) bond motifs is 1. The highest BCUT2D eigenvalue weighted by molar-refractivity contribution is 5.92. The molecule has 0 unspecified atom stereocenters. The molecule has 0 amide bonds. The summed E-state index contributed by atoms with van der Waals surface area (Å²) in [5.74, 6) is 0. The lowest BCUT2D eigenvalue weighted by molar-refractivity contribution is 0.617. The summed E-state index contributed by atoms with van der Waals surface area (Å²) < 4.78 is 5.42. The fourth-order valence-corrected chi connectivity index (χ4v) is 1.59. The van der Waals surface area contributed by atoms with Crippen LogP contribution >= 0.6 is 0 Å². The van der Waals surface area contributed by atoms with Crippen LogP contribution in [0.1, 0.15) is 0 Å². The molecule has 0 aliphatic rings. The maximum Gasteiger partial charge on any atom is 0.134 e. The average Bonchev–Trinajstić information content (AvgIpc) is 2.85. The largest absolute Gasteiger partial charge is 0.464 e. The fourth-order valence-electron chi connectivity index (χ4n) is 1.59. The molecular formula is C11H8N2O. The van der Waals surface area contributed by atoms with Crippen molar-refractivity contribution in [3.8, 4) is 11.3 Å². The van der Waals surface area contributed by atoms with Gasteiger partial charge in [-0.1, -0.05) is 18.2 Å². The Bertz CT molecular complexity index is 551. The maximum atomic E-state index is 5.42. The minimum atomic E-state index is 0.894. The van der Waals surface area contributed by atoms with E-state index in [2.05, 4.69) is 10.2 Å². The smallest absolute Gasteiger partial charge is 0.134 e. The Morgan fingerprint density at radius 1 is 1.14 bits per heavy atom. The Morgan fingerprint density at radius 2 is 2.07 bits per heavy atom.